The predicted octanol–water partition coefficient (Wildman–Crippen LogP) is 2.47. The fourth-order valence-electron chi connectivity index (χ4n) is 1.99. The molecule has 1 aromatic heterocycles. The summed E-state index contributed by atoms with van der Waals surface area (Å²) in [6.07, 6.45) is 6.89. The van der Waals surface area contributed by atoms with E-state index in [-0.39, 0.29) is 11.6 Å². The topological polar surface area (TPSA) is 57.8 Å². The van der Waals surface area contributed by atoms with Gasteiger partial charge in [0.25, 0.3) is 5.56 Å². The van der Waals surface area contributed by atoms with Gasteiger partial charge in [-0.05, 0) is 24.6 Å². The molecule has 0 saturated carbocycles. The summed E-state index contributed by atoms with van der Waals surface area (Å²) < 4.78 is 0. The Bertz CT molecular complexity index is 702. The first-order chi connectivity index (χ1) is 9.63. The molecule has 104 valence electrons. The Morgan fingerprint density at radius 3 is 3.05 bits per heavy atom. The highest BCUT2D eigenvalue weighted by atomic mass is 35.5. The molecule has 5 heteroatoms. The van der Waals surface area contributed by atoms with Crippen LogP contribution in [0.15, 0.2) is 23.0 Å². The average molecular weight is 290 g/mol. The van der Waals surface area contributed by atoms with E-state index in [0.29, 0.717) is 34.7 Å². The average Bonchev–Trinajstić information content (AvgIpc) is 2.43. The Morgan fingerprint density at radius 2 is 2.35 bits per heavy atom. The van der Waals surface area contributed by atoms with Crippen LogP contribution in [0, 0.1) is 12.3 Å². The first kappa shape index (κ1) is 14.6. The zero-order valence-corrected chi connectivity index (χ0v) is 12.0. The van der Waals surface area contributed by atoms with Gasteiger partial charge in [0.2, 0.25) is 0 Å². The van der Waals surface area contributed by atoms with E-state index >= 15 is 0 Å². The van der Waals surface area contributed by atoms with Crippen molar-refractivity contribution in [2.45, 2.75) is 32.4 Å². The van der Waals surface area contributed by atoms with Crippen molar-refractivity contribution < 1.29 is 0 Å². The molecule has 0 bridgehead atoms. The lowest BCUT2D eigenvalue weighted by molar-refractivity contribution is 0.497. The highest BCUT2D eigenvalue weighted by molar-refractivity contribution is 6.31. The van der Waals surface area contributed by atoms with E-state index in [9.17, 15) is 4.79 Å². The molecule has 20 heavy (non-hydrogen) atoms. The van der Waals surface area contributed by atoms with E-state index < -0.39 is 0 Å². The molecule has 1 heterocycles. The van der Waals surface area contributed by atoms with Crippen molar-refractivity contribution in [1.29, 1.82) is 0 Å². The van der Waals surface area contributed by atoms with Gasteiger partial charge in [0.05, 0.1) is 17.4 Å². The number of rotatable bonds is 5. The summed E-state index contributed by atoms with van der Waals surface area (Å²) in [4.78, 5) is 19.1. The number of hydrogen-bond acceptors (Lipinski definition) is 3. The fraction of sp³-hybridized carbons (Fsp3) is 0.333. The van der Waals surface area contributed by atoms with Crippen LogP contribution in [0.3, 0.4) is 0 Å². The molecule has 1 unspecified atom stereocenters. The number of nitrogens with zero attached hydrogens (tertiary/aromatic N) is 1. The van der Waals surface area contributed by atoms with E-state index in [1.807, 2.05) is 0 Å². The largest absolute Gasteiger partial charge is 0.309 e. The SMILES string of the molecule is C#CCC(CC)NCc1nc2cc(Cl)ccc2c(=O)[nH]1. The number of H-pyrrole nitrogens is 1. The van der Waals surface area contributed by atoms with Gasteiger partial charge in [-0.3, -0.25) is 4.79 Å². The fourth-order valence-corrected chi connectivity index (χ4v) is 2.16. The molecular weight excluding hydrogens is 274 g/mol. The molecule has 0 fully saturated rings. The van der Waals surface area contributed by atoms with E-state index in [2.05, 4.69) is 28.1 Å². The van der Waals surface area contributed by atoms with Gasteiger partial charge < -0.3 is 10.3 Å². The lowest BCUT2D eigenvalue weighted by Gasteiger charge is -2.13. The van der Waals surface area contributed by atoms with Crippen molar-refractivity contribution in [2.75, 3.05) is 0 Å². The van der Waals surface area contributed by atoms with Crippen LogP contribution in [0.5, 0.6) is 0 Å². The molecule has 1 aromatic carbocycles. The third-order valence-electron chi connectivity index (χ3n) is 3.13. The monoisotopic (exact) mass is 289 g/mol. The summed E-state index contributed by atoms with van der Waals surface area (Å²) in [5.74, 6) is 3.21. The van der Waals surface area contributed by atoms with Crippen LogP contribution < -0.4 is 10.9 Å². The lowest BCUT2D eigenvalue weighted by atomic mass is 10.1. The minimum atomic E-state index is -0.159. The van der Waals surface area contributed by atoms with Crippen molar-refractivity contribution in [3.05, 3.63) is 39.4 Å². The van der Waals surface area contributed by atoms with Crippen LogP contribution in [0.4, 0.5) is 0 Å². The van der Waals surface area contributed by atoms with Crippen molar-refractivity contribution in [2.24, 2.45) is 0 Å². The molecular formula is C15H16ClN3O. The summed E-state index contributed by atoms with van der Waals surface area (Å²) in [7, 11) is 0. The summed E-state index contributed by atoms with van der Waals surface area (Å²) in [6.45, 7) is 2.53. The zero-order valence-electron chi connectivity index (χ0n) is 11.2. The maximum atomic E-state index is 12.0. The van der Waals surface area contributed by atoms with Crippen LogP contribution >= 0.6 is 11.6 Å². The van der Waals surface area contributed by atoms with Crippen LogP contribution in [-0.4, -0.2) is 16.0 Å². The minimum absolute atomic E-state index is 0.159. The van der Waals surface area contributed by atoms with E-state index in [0.717, 1.165) is 6.42 Å². The molecule has 0 spiro atoms. The second kappa shape index (κ2) is 6.56. The quantitative estimate of drug-likeness (QED) is 0.832. The maximum Gasteiger partial charge on any atom is 0.258 e. The first-order valence-corrected chi connectivity index (χ1v) is 6.87. The van der Waals surface area contributed by atoms with Gasteiger partial charge in [-0.15, -0.1) is 12.3 Å². The lowest BCUT2D eigenvalue weighted by Crippen LogP contribution is -2.29. The Morgan fingerprint density at radius 1 is 1.55 bits per heavy atom. The third kappa shape index (κ3) is 3.38. The van der Waals surface area contributed by atoms with Crippen molar-refractivity contribution in [3.8, 4) is 12.3 Å². The van der Waals surface area contributed by atoms with Gasteiger partial charge in [0, 0.05) is 17.5 Å². The van der Waals surface area contributed by atoms with Gasteiger partial charge in [-0.2, -0.15) is 0 Å². The number of fused-ring (bicyclic) bond motifs is 1. The standard InChI is InChI=1S/C15H16ClN3O/c1-3-5-11(4-2)17-9-14-18-13-8-10(16)6-7-12(13)15(20)19-14/h1,6-8,11,17H,4-5,9H2,2H3,(H,18,19,20). The number of benzene rings is 1. The number of hydrogen-bond donors (Lipinski definition) is 2. The van der Waals surface area contributed by atoms with Crippen LogP contribution in [0.25, 0.3) is 10.9 Å². The Hall–Kier alpha value is -1.83. The number of nitrogens with one attached hydrogen (secondary N) is 2. The Kier molecular flexibility index (Phi) is 4.78. The molecule has 0 saturated heterocycles. The highest BCUT2D eigenvalue weighted by Crippen LogP contribution is 2.14. The van der Waals surface area contributed by atoms with Gasteiger partial charge in [-0.25, -0.2) is 4.98 Å². The van der Waals surface area contributed by atoms with Gasteiger partial charge >= 0.3 is 0 Å². The van der Waals surface area contributed by atoms with Gasteiger partial charge in [0.15, 0.2) is 0 Å². The molecule has 0 radical (unpaired) electrons. The van der Waals surface area contributed by atoms with E-state index in [1.165, 1.54) is 0 Å². The maximum absolute atomic E-state index is 12.0. The molecule has 0 amide bonds. The molecule has 4 nitrogen and oxygen atoms in total. The van der Waals surface area contributed by atoms with E-state index in [4.69, 9.17) is 18.0 Å². The molecule has 0 aliphatic rings. The first-order valence-electron chi connectivity index (χ1n) is 6.49. The normalized spacial score (nSPS) is 12.2. The summed E-state index contributed by atoms with van der Waals surface area (Å²) in [5.41, 5.74) is 0.441. The minimum Gasteiger partial charge on any atom is -0.309 e. The summed E-state index contributed by atoms with van der Waals surface area (Å²) in [6, 6.07) is 5.27. The van der Waals surface area contributed by atoms with Crippen molar-refractivity contribution in [1.82, 2.24) is 15.3 Å². The van der Waals surface area contributed by atoms with Gasteiger partial charge in [-0.1, -0.05) is 18.5 Å². The molecule has 2 aromatic rings. The number of halogens is 1. The smallest absolute Gasteiger partial charge is 0.258 e. The van der Waals surface area contributed by atoms with Crippen LogP contribution in [-0.2, 0) is 6.54 Å². The Balaban J connectivity index is 2.23. The van der Waals surface area contributed by atoms with Crippen molar-refractivity contribution >= 4 is 22.5 Å². The molecule has 0 aliphatic carbocycles. The Labute approximate surface area is 122 Å². The summed E-state index contributed by atoms with van der Waals surface area (Å²) in [5, 5.41) is 4.38. The molecule has 2 rings (SSSR count). The molecule has 2 N–H and O–H groups in total. The number of terminal acetylenes is 1. The summed E-state index contributed by atoms with van der Waals surface area (Å²) >= 11 is 5.92. The molecule has 1 atom stereocenters. The second-order valence-electron chi connectivity index (χ2n) is 4.57. The zero-order chi connectivity index (χ0) is 14.5. The number of aromatic nitrogens is 2. The molecule has 0 aliphatic heterocycles. The third-order valence-corrected chi connectivity index (χ3v) is 3.37. The van der Waals surface area contributed by atoms with Crippen molar-refractivity contribution in [3.63, 3.8) is 0 Å². The van der Waals surface area contributed by atoms with E-state index in [1.54, 1.807) is 18.2 Å². The van der Waals surface area contributed by atoms with Crippen LogP contribution in [0.1, 0.15) is 25.6 Å². The highest BCUT2D eigenvalue weighted by Gasteiger charge is 2.07. The van der Waals surface area contributed by atoms with Gasteiger partial charge in [0.1, 0.15) is 5.82 Å². The predicted molar refractivity (Wildman–Crippen MR) is 81.7 cm³/mol. The van der Waals surface area contributed by atoms with Crippen LogP contribution in [0.2, 0.25) is 5.02 Å². The second-order valence-corrected chi connectivity index (χ2v) is 5.00. The number of aromatic amines is 1.